The fourth-order valence-corrected chi connectivity index (χ4v) is 3.41. The number of amides is 1. The Morgan fingerprint density at radius 2 is 2.04 bits per heavy atom. The number of anilines is 1. The first-order chi connectivity index (χ1) is 13.6. The number of hydrogen-bond acceptors (Lipinski definition) is 6. The van der Waals surface area contributed by atoms with Gasteiger partial charge in [-0.05, 0) is 23.6 Å². The van der Waals surface area contributed by atoms with E-state index in [9.17, 15) is 4.79 Å². The molecule has 2 aromatic heterocycles. The second-order valence-electron chi connectivity index (χ2n) is 7.10. The van der Waals surface area contributed by atoms with Gasteiger partial charge in [-0.1, -0.05) is 44.2 Å². The number of benzene rings is 1. The van der Waals surface area contributed by atoms with Crippen molar-refractivity contribution in [1.82, 2.24) is 14.7 Å². The Morgan fingerprint density at radius 3 is 2.75 bits per heavy atom. The van der Waals surface area contributed by atoms with E-state index in [-0.39, 0.29) is 5.91 Å². The van der Waals surface area contributed by atoms with Crippen molar-refractivity contribution in [3.8, 4) is 0 Å². The number of carbonyl (C=O) groups excluding carboxylic acids is 1. The van der Waals surface area contributed by atoms with Crippen molar-refractivity contribution in [1.29, 1.82) is 0 Å². The molecule has 0 spiro atoms. The summed E-state index contributed by atoms with van der Waals surface area (Å²) in [6.45, 7) is 5.98. The monoisotopic (exact) mass is 398 g/mol. The zero-order valence-corrected chi connectivity index (χ0v) is 17.1. The smallest absolute Gasteiger partial charge is 0.221 e. The van der Waals surface area contributed by atoms with Gasteiger partial charge < -0.3 is 14.6 Å². The molecule has 3 aromatic rings. The molecular formula is C21H26N4O2S. The van der Waals surface area contributed by atoms with Crippen LogP contribution < -0.4 is 10.2 Å². The molecule has 0 radical (unpaired) electrons. The molecule has 7 heteroatoms. The first-order valence-electron chi connectivity index (χ1n) is 9.50. The van der Waals surface area contributed by atoms with Crippen molar-refractivity contribution in [3.05, 3.63) is 65.9 Å². The number of nitrogens with one attached hydrogen (secondary N) is 1. The van der Waals surface area contributed by atoms with Crippen LogP contribution in [0.5, 0.6) is 0 Å². The Hall–Kier alpha value is -2.67. The van der Waals surface area contributed by atoms with Crippen molar-refractivity contribution in [2.45, 2.75) is 33.2 Å². The highest BCUT2D eigenvalue weighted by Crippen LogP contribution is 2.21. The number of hydrogen-bond donors (Lipinski definition) is 1. The zero-order valence-electron chi connectivity index (χ0n) is 16.3. The Labute approximate surface area is 169 Å². The molecule has 0 unspecified atom stereocenters. The van der Waals surface area contributed by atoms with Gasteiger partial charge in [0.1, 0.15) is 11.6 Å². The maximum absolute atomic E-state index is 12.1. The van der Waals surface area contributed by atoms with Gasteiger partial charge in [0.05, 0.1) is 12.8 Å². The molecule has 1 amide bonds. The third-order valence-corrected chi connectivity index (χ3v) is 4.99. The molecule has 1 N–H and O–H groups in total. The number of nitrogens with zero attached hydrogens (tertiary/aromatic N) is 3. The van der Waals surface area contributed by atoms with Crippen LogP contribution in [0.1, 0.15) is 37.4 Å². The zero-order chi connectivity index (χ0) is 19.8. The average Bonchev–Trinajstić information content (AvgIpc) is 3.36. The summed E-state index contributed by atoms with van der Waals surface area (Å²) < 4.78 is 9.99. The van der Waals surface area contributed by atoms with E-state index in [0.29, 0.717) is 38.4 Å². The van der Waals surface area contributed by atoms with Crippen LogP contribution >= 0.6 is 11.5 Å². The van der Waals surface area contributed by atoms with E-state index in [4.69, 9.17) is 9.40 Å². The van der Waals surface area contributed by atoms with E-state index in [1.807, 2.05) is 30.3 Å². The van der Waals surface area contributed by atoms with Gasteiger partial charge in [0.25, 0.3) is 0 Å². The van der Waals surface area contributed by atoms with Crippen molar-refractivity contribution in [2.75, 3.05) is 18.0 Å². The van der Waals surface area contributed by atoms with Gasteiger partial charge in [-0.2, -0.15) is 4.37 Å². The maximum Gasteiger partial charge on any atom is 0.221 e. The molecule has 0 atom stereocenters. The molecule has 0 aliphatic heterocycles. The molecule has 28 heavy (non-hydrogen) atoms. The number of furan rings is 1. The van der Waals surface area contributed by atoms with Gasteiger partial charge in [0.15, 0.2) is 0 Å². The lowest BCUT2D eigenvalue weighted by molar-refractivity contribution is -0.121. The number of rotatable bonds is 10. The van der Waals surface area contributed by atoms with Crippen LogP contribution in [0.15, 0.2) is 53.1 Å². The largest absolute Gasteiger partial charge is 0.467 e. The molecular weight excluding hydrogens is 372 g/mol. The molecule has 148 valence electrons. The fraction of sp³-hybridized carbons (Fsp3) is 0.381. The molecule has 0 fully saturated rings. The van der Waals surface area contributed by atoms with Crippen LogP contribution in [0.25, 0.3) is 0 Å². The highest BCUT2D eigenvalue weighted by atomic mass is 32.1. The normalized spacial score (nSPS) is 11.0. The Balaban J connectivity index is 1.65. The van der Waals surface area contributed by atoms with Gasteiger partial charge in [-0.3, -0.25) is 4.79 Å². The van der Waals surface area contributed by atoms with Gasteiger partial charge >= 0.3 is 0 Å². The highest BCUT2D eigenvalue weighted by Gasteiger charge is 2.16. The molecule has 0 saturated heterocycles. The van der Waals surface area contributed by atoms with E-state index < -0.39 is 0 Å². The first-order valence-corrected chi connectivity index (χ1v) is 10.3. The standard InChI is InChI=1S/C21H26N4O2S/c1-16(2)14-22-20(26)10-11-25(15-18-9-6-12-27-18)21-23-19(24-28-21)13-17-7-4-3-5-8-17/h3-9,12,16H,10-11,13-15H2,1-2H3,(H,22,26). The minimum Gasteiger partial charge on any atom is -0.467 e. The average molecular weight is 399 g/mol. The Bertz CT molecular complexity index is 846. The second kappa shape index (κ2) is 10.0. The molecule has 6 nitrogen and oxygen atoms in total. The van der Waals surface area contributed by atoms with Gasteiger partial charge in [-0.25, -0.2) is 4.98 Å². The second-order valence-corrected chi connectivity index (χ2v) is 7.83. The topological polar surface area (TPSA) is 71.3 Å². The molecule has 0 bridgehead atoms. The van der Waals surface area contributed by atoms with Crippen LogP contribution in [0.4, 0.5) is 5.13 Å². The SMILES string of the molecule is CC(C)CNC(=O)CCN(Cc1ccco1)c1nc(Cc2ccccc2)ns1. The molecule has 3 rings (SSSR count). The Morgan fingerprint density at radius 1 is 1.21 bits per heavy atom. The van der Waals surface area contributed by atoms with Crippen molar-refractivity contribution < 1.29 is 9.21 Å². The summed E-state index contributed by atoms with van der Waals surface area (Å²) in [6, 6.07) is 14.0. The van der Waals surface area contributed by atoms with Crippen LogP contribution in [-0.2, 0) is 17.8 Å². The van der Waals surface area contributed by atoms with Crippen LogP contribution in [0, 0.1) is 5.92 Å². The third kappa shape index (κ3) is 6.20. The number of aromatic nitrogens is 2. The van der Waals surface area contributed by atoms with E-state index in [1.165, 1.54) is 17.1 Å². The predicted molar refractivity (Wildman–Crippen MR) is 111 cm³/mol. The summed E-state index contributed by atoms with van der Waals surface area (Å²) in [4.78, 5) is 18.9. The summed E-state index contributed by atoms with van der Waals surface area (Å²) in [7, 11) is 0. The maximum atomic E-state index is 12.1. The molecule has 0 aliphatic rings. The number of carbonyl (C=O) groups is 1. The van der Waals surface area contributed by atoms with Gasteiger partial charge in [0, 0.05) is 37.5 Å². The lowest BCUT2D eigenvalue weighted by atomic mass is 10.1. The van der Waals surface area contributed by atoms with Crippen molar-refractivity contribution in [3.63, 3.8) is 0 Å². The summed E-state index contributed by atoms with van der Waals surface area (Å²) in [5.41, 5.74) is 1.18. The molecule has 0 saturated carbocycles. The summed E-state index contributed by atoms with van der Waals surface area (Å²) in [5.74, 6) is 2.11. The molecule has 1 aromatic carbocycles. The van der Waals surface area contributed by atoms with Crippen LogP contribution in [0.2, 0.25) is 0 Å². The predicted octanol–water partition coefficient (Wildman–Crippen LogP) is 3.89. The van der Waals surface area contributed by atoms with Gasteiger partial charge in [-0.15, -0.1) is 0 Å². The molecule has 2 heterocycles. The summed E-state index contributed by atoms with van der Waals surface area (Å²) in [5, 5.41) is 3.77. The van der Waals surface area contributed by atoms with E-state index >= 15 is 0 Å². The highest BCUT2D eigenvalue weighted by molar-refractivity contribution is 7.09. The van der Waals surface area contributed by atoms with E-state index in [2.05, 4.69) is 40.6 Å². The van der Waals surface area contributed by atoms with Crippen LogP contribution in [-0.4, -0.2) is 28.4 Å². The quantitative estimate of drug-likeness (QED) is 0.561. The third-order valence-electron chi connectivity index (χ3n) is 4.18. The minimum absolute atomic E-state index is 0.0483. The Kier molecular flexibility index (Phi) is 7.19. The van der Waals surface area contributed by atoms with E-state index in [0.717, 1.165) is 16.7 Å². The van der Waals surface area contributed by atoms with Gasteiger partial charge in [0.2, 0.25) is 11.0 Å². The fourth-order valence-electron chi connectivity index (χ4n) is 2.70. The van der Waals surface area contributed by atoms with Crippen molar-refractivity contribution >= 4 is 22.6 Å². The lowest BCUT2D eigenvalue weighted by Gasteiger charge is -2.20. The first kappa shape index (κ1) is 20.1. The summed E-state index contributed by atoms with van der Waals surface area (Å²) in [6.07, 6.45) is 2.76. The molecule has 0 aliphatic carbocycles. The summed E-state index contributed by atoms with van der Waals surface area (Å²) >= 11 is 1.36. The lowest BCUT2D eigenvalue weighted by Crippen LogP contribution is -2.32. The van der Waals surface area contributed by atoms with E-state index in [1.54, 1.807) is 6.26 Å². The minimum atomic E-state index is 0.0483. The van der Waals surface area contributed by atoms with Crippen molar-refractivity contribution in [2.24, 2.45) is 5.92 Å². The van der Waals surface area contributed by atoms with Crippen LogP contribution in [0.3, 0.4) is 0 Å².